The third kappa shape index (κ3) is 7.54. The molecular weight excluding hydrogens is 534 g/mol. The molecule has 11 heteroatoms. The van der Waals surface area contributed by atoms with Gasteiger partial charge in [0.05, 0.1) is 5.56 Å². The van der Waals surface area contributed by atoms with E-state index in [0.29, 0.717) is 18.1 Å². The van der Waals surface area contributed by atoms with E-state index in [1.807, 2.05) is 16.9 Å². The van der Waals surface area contributed by atoms with Gasteiger partial charge in [0.1, 0.15) is 0 Å². The van der Waals surface area contributed by atoms with Gasteiger partial charge < -0.3 is 20.4 Å². The minimum atomic E-state index is -4.37. The van der Waals surface area contributed by atoms with Crippen molar-refractivity contribution in [1.29, 1.82) is 0 Å². The first-order valence-corrected chi connectivity index (χ1v) is 10.4. The standard InChI is InChI=1S/C21H30F3N7.HI/c1-25-20(26-7-3-9-31-10-4-8-28-31)27-16-17-15-18(21(22,23)24)5-6-19(17)30-13-11-29(2)12-14-30;/h4-6,8,10,15H,3,7,9,11-14,16H2,1-2H3,(H2,25,26,27);1H. The number of hydrogen-bond acceptors (Lipinski definition) is 4. The van der Waals surface area contributed by atoms with Crippen LogP contribution in [0.5, 0.6) is 0 Å². The van der Waals surface area contributed by atoms with Gasteiger partial charge >= 0.3 is 6.18 Å². The molecule has 0 radical (unpaired) electrons. The molecule has 1 aromatic heterocycles. The predicted molar refractivity (Wildman–Crippen MR) is 132 cm³/mol. The Labute approximate surface area is 204 Å². The normalized spacial score (nSPS) is 15.4. The van der Waals surface area contributed by atoms with Crippen LogP contribution in [0, 0.1) is 0 Å². The van der Waals surface area contributed by atoms with E-state index in [-0.39, 0.29) is 30.5 Å². The number of alkyl halides is 3. The van der Waals surface area contributed by atoms with Gasteiger partial charge in [-0.25, -0.2) is 0 Å². The molecule has 0 bridgehead atoms. The molecule has 1 aliphatic heterocycles. The molecule has 2 N–H and O–H groups in total. The summed E-state index contributed by atoms with van der Waals surface area (Å²) in [5.41, 5.74) is 0.811. The van der Waals surface area contributed by atoms with Gasteiger partial charge in [-0.3, -0.25) is 9.67 Å². The second kappa shape index (κ2) is 12.3. The number of aliphatic imine (C=N–C) groups is 1. The van der Waals surface area contributed by atoms with Crippen LogP contribution in [0.25, 0.3) is 0 Å². The Bertz CT molecular complexity index is 848. The van der Waals surface area contributed by atoms with Crippen LogP contribution in [-0.2, 0) is 19.3 Å². The molecule has 1 aliphatic rings. The van der Waals surface area contributed by atoms with Crippen LogP contribution in [0.4, 0.5) is 18.9 Å². The van der Waals surface area contributed by atoms with Crippen LogP contribution in [-0.4, -0.2) is 67.5 Å². The Morgan fingerprint density at radius 1 is 1.16 bits per heavy atom. The fraction of sp³-hybridized carbons (Fsp3) is 0.524. The highest BCUT2D eigenvalue weighted by atomic mass is 127. The van der Waals surface area contributed by atoms with Crippen LogP contribution in [0.2, 0.25) is 0 Å². The Morgan fingerprint density at radius 3 is 2.53 bits per heavy atom. The monoisotopic (exact) mass is 565 g/mol. The summed E-state index contributed by atoms with van der Waals surface area (Å²) in [6, 6.07) is 5.87. The van der Waals surface area contributed by atoms with Gasteiger partial charge in [-0.2, -0.15) is 18.3 Å². The van der Waals surface area contributed by atoms with Crippen molar-refractivity contribution in [2.45, 2.75) is 25.7 Å². The number of rotatable bonds is 7. The van der Waals surface area contributed by atoms with Gasteiger partial charge in [0.15, 0.2) is 5.96 Å². The van der Waals surface area contributed by atoms with E-state index < -0.39 is 11.7 Å². The Hall–Kier alpha value is -2.02. The maximum atomic E-state index is 13.3. The highest BCUT2D eigenvalue weighted by Gasteiger charge is 2.31. The van der Waals surface area contributed by atoms with E-state index in [1.54, 1.807) is 19.3 Å². The molecule has 3 rings (SSSR count). The van der Waals surface area contributed by atoms with Crippen LogP contribution in [0.1, 0.15) is 17.5 Å². The smallest absolute Gasteiger partial charge is 0.369 e. The van der Waals surface area contributed by atoms with E-state index in [2.05, 4.69) is 37.6 Å². The first kappa shape index (κ1) is 26.2. The lowest BCUT2D eigenvalue weighted by molar-refractivity contribution is -0.137. The zero-order valence-corrected chi connectivity index (χ0v) is 20.7. The maximum Gasteiger partial charge on any atom is 0.416 e. The molecule has 0 atom stereocenters. The van der Waals surface area contributed by atoms with Crippen molar-refractivity contribution in [3.8, 4) is 0 Å². The fourth-order valence-electron chi connectivity index (χ4n) is 3.54. The van der Waals surface area contributed by atoms with Crippen molar-refractivity contribution < 1.29 is 13.2 Å². The number of guanidine groups is 1. The highest BCUT2D eigenvalue weighted by Crippen LogP contribution is 2.33. The molecule has 7 nitrogen and oxygen atoms in total. The minimum absolute atomic E-state index is 0. The van der Waals surface area contributed by atoms with Crippen LogP contribution >= 0.6 is 24.0 Å². The Morgan fingerprint density at radius 2 is 1.91 bits per heavy atom. The van der Waals surface area contributed by atoms with Gasteiger partial charge in [0.2, 0.25) is 0 Å². The molecule has 0 spiro atoms. The zero-order valence-electron chi connectivity index (χ0n) is 18.4. The SMILES string of the molecule is CN=C(NCCCn1cccn1)NCc1cc(C(F)(F)F)ccc1N1CCN(C)CC1.I. The zero-order chi connectivity index (χ0) is 22.3. The molecule has 32 heavy (non-hydrogen) atoms. The summed E-state index contributed by atoms with van der Waals surface area (Å²) >= 11 is 0. The average molecular weight is 565 g/mol. The van der Waals surface area contributed by atoms with Crippen LogP contribution in [0.15, 0.2) is 41.7 Å². The lowest BCUT2D eigenvalue weighted by Gasteiger charge is -2.35. The number of nitrogens with zero attached hydrogens (tertiary/aromatic N) is 5. The van der Waals surface area contributed by atoms with Crippen molar-refractivity contribution in [3.05, 3.63) is 47.8 Å². The van der Waals surface area contributed by atoms with E-state index in [4.69, 9.17) is 0 Å². The van der Waals surface area contributed by atoms with Crippen molar-refractivity contribution in [1.82, 2.24) is 25.3 Å². The van der Waals surface area contributed by atoms with Gasteiger partial charge in [0, 0.05) is 70.9 Å². The van der Waals surface area contributed by atoms with Crippen molar-refractivity contribution >= 4 is 35.6 Å². The summed E-state index contributed by atoms with van der Waals surface area (Å²) in [6.07, 6.45) is 0.113. The lowest BCUT2D eigenvalue weighted by atomic mass is 10.1. The molecular formula is C21H31F3IN7. The summed E-state index contributed by atoms with van der Waals surface area (Å²) in [7, 11) is 3.70. The molecule has 2 aromatic rings. The largest absolute Gasteiger partial charge is 0.416 e. The third-order valence-electron chi connectivity index (χ3n) is 5.34. The van der Waals surface area contributed by atoms with E-state index >= 15 is 0 Å². The van der Waals surface area contributed by atoms with E-state index in [0.717, 1.165) is 44.8 Å². The molecule has 1 aromatic carbocycles. The number of benzene rings is 1. The number of piperazine rings is 1. The molecule has 0 saturated carbocycles. The number of aromatic nitrogens is 2. The van der Waals surface area contributed by atoms with Gasteiger partial charge in [-0.05, 0) is 43.3 Å². The summed E-state index contributed by atoms with van der Waals surface area (Å²) in [4.78, 5) is 8.56. The molecule has 0 unspecified atom stereocenters. The van der Waals surface area contributed by atoms with Crippen LogP contribution in [0.3, 0.4) is 0 Å². The fourth-order valence-corrected chi connectivity index (χ4v) is 3.54. The van der Waals surface area contributed by atoms with Gasteiger partial charge in [0.25, 0.3) is 0 Å². The third-order valence-corrected chi connectivity index (χ3v) is 5.34. The summed E-state index contributed by atoms with van der Waals surface area (Å²) in [5, 5.41) is 10.5. The number of nitrogens with one attached hydrogen (secondary N) is 2. The number of hydrogen-bond donors (Lipinski definition) is 2. The van der Waals surface area contributed by atoms with Crippen LogP contribution < -0.4 is 15.5 Å². The summed E-state index contributed by atoms with van der Waals surface area (Å²) in [6.45, 7) is 5.04. The van der Waals surface area contributed by atoms with Crippen molar-refractivity contribution in [2.24, 2.45) is 4.99 Å². The molecule has 178 valence electrons. The molecule has 0 aliphatic carbocycles. The first-order valence-electron chi connectivity index (χ1n) is 10.4. The number of likely N-dealkylation sites (N-methyl/N-ethyl adjacent to an activating group) is 1. The second-order valence-corrected chi connectivity index (χ2v) is 7.61. The number of anilines is 1. The predicted octanol–water partition coefficient (Wildman–Crippen LogP) is 3.03. The quantitative estimate of drug-likeness (QED) is 0.234. The highest BCUT2D eigenvalue weighted by molar-refractivity contribution is 14.0. The molecule has 0 amide bonds. The van der Waals surface area contributed by atoms with Crippen molar-refractivity contribution in [3.63, 3.8) is 0 Å². The number of halogens is 4. The van der Waals surface area contributed by atoms with E-state index in [1.165, 1.54) is 12.1 Å². The molecule has 1 saturated heterocycles. The summed E-state index contributed by atoms with van der Waals surface area (Å²) in [5.74, 6) is 0.558. The second-order valence-electron chi connectivity index (χ2n) is 7.61. The molecule has 1 fully saturated rings. The average Bonchev–Trinajstić information content (AvgIpc) is 3.27. The maximum absolute atomic E-state index is 13.3. The number of aryl methyl sites for hydroxylation is 1. The Balaban J connectivity index is 0.00000363. The topological polar surface area (TPSA) is 60.7 Å². The van der Waals surface area contributed by atoms with E-state index in [9.17, 15) is 13.2 Å². The minimum Gasteiger partial charge on any atom is -0.369 e. The lowest BCUT2D eigenvalue weighted by Crippen LogP contribution is -2.45. The first-order chi connectivity index (χ1) is 14.9. The van der Waals surface area contributed by atoms with Gasteiger partial charge in [-0.1, -0.05) is 0 Å². The summed E-state index contributed by atoms with van der Waals surface area (Å²) < 4.78 is 41.7. The Kier molecular flexibility index (Phi) is 10.1. The van der Waals surface area contributed by atoms with Gasteiger partial charge in [-0.15, -0.1) is 24.0 Å². The van der Waals surface area contributed by atoms with Crippen molar-refractivity contribution in [2.75, 3.05) is 51.7 Å². The molecule has 2 heterocycles.